The van der Waals surface area contributed by atoms with Crippen LogP contribution in [0.25, 0.3) is 0 Å². The molecule has 2 rings (SSSR count). The van der Waals surface area contributed by atoms with E-state index in [0.717, 1.165) is 5.56 Å². The first-order valence-electron chi connectivity index (χ1n) is 5.77. The zero-order valence-electron chi connectivity index (χ0n) is 9.70. The number of alkyl halides is 3. The summed E-state index contributed by atoms with van der Waals surface area (Å²) in [6.07, 6.45) is -4.18. The van der Waals surface area contributed by atoms with Crippen molar-refractivity contribution in [3.05, 3.63) is 35.9 Å². The minimum absolute atomic E-state index is 0.0700. The van der Waals surface area contributed by atoms with Crippen LogP contribution >= 0.6 is 0 Å². The predicted molar refractivity (Wildman–Crippen MR) is 61.1 cm³/mol. The van der Waals surface area contributed by atoms with Crippen molar-refractivity contribution >= 4 is 6.29 Å². The Morgan fingerprint density at radius 1 is 1.33 bits per heavy atom. The van der Waals surface area contributed by atoms with Crippen molar-refractivity contribution in [2.24, 2.45) is 11.3 Å². The zero-order valence-corrected chi connectivity index (χ0v) is 9.70. The van der Waals surface area contributed by atoms with Crippen molar-refractivity contribution in [3.63, 3.8) is 0 Å². The predicted octanol–water partition coefficient (Wildman–Crippen LogP) is 2.20. The Morgan fingerprint density at radius 3 is 2.56 bits per heavy atom. The van der Waals surface area contributed by atoms with E-state index in [-0.39, 0.29) is 25.8 Å². The summed E-state index contributed by atoms with van der Waals surface area (Å²) >= 11 is 0. The van der Waals surface area contributed by atoms with Gasteiger partial charge in [0, 0.05) is 6.54 Å². The van der Waals surface area contributed by atoms with Crippen molar-refractivity contribution in [1.82, 2.24) is 5.32 Å². The standard InChI is InChI=1S/C13H14F3NO/c14-13(15,16)12(9-18)8-17-7-11(12)6-10-4-2-1-3-5-10/h1-5,9,11,17H,6-8H2. The molecule has 0 spiro atoms. The van der Waals surface area contributed by atoms with Crippen LogP contribution in [-0.4, -0.2) is 25.6 Å². The van der Waals surface area contributed by atoms with E-state index in [9.17, 15) is 18.0 Å². The first kappa shape index (κ1) is 13.1. The van der Waals surface area contributed by atoms with E-state index in [2.05, 4.69) is 5.32 Å². The van der Waals surface area contributed by atoms with Crippen LogP contribution in [0.15, 0.2) is 30.3 Å². The third-order valence-corrected chi connectivity index (χ3v) is 3.60. The number of benzene rings is 1. The summed E-state index contributed by atoms with van der Waals surface area (Å²) in [6, 6.07) is 8.95. The Morgan fingerprint density at radius 2 is 2.00 bits per heavy atom. The summed E-state index contributed by atoms with van der Waals surface area (Å²) in [4.78, 5) is 11.0. The minimum Gasteiger partial charge on any atom is -0.315 e. The molecule has 2 atom stereocenters. The molecule has 0 radical (unpaired) electrons. The highest BCUT2D eigenvalue weighted by Gasteiger charge is 2.61. The van der Waals surface area contributed by atoms with Crippen molar-refractivity contribution in [1.29, 1.82) is 0 Å². The molecule has 1 saturated heterocycles. The summed E-state index contributed by atoms with van der Waals surface area (Å²) in [5.41, 5.74) is -1.43. The molecule has 18 heavy (non-hydrogen) atoms. The maximum Gasteiger partial charge on any atom is 0.402 e. The number of hydrogen-bond acceptors (Lipinski definition) is 2. The van der Waals surface area contributed by atoms with Gasteiger partial charge >= 0.3 is 6.18 Å². The second kappa shape index (κ2) is 4.72. The third-order valence-electron chi connectivity index (χ3n) is 3.60. The number of nitrogens with one attached hydrogen (secondary N) is 1. The maximum atomic E-state index is 13.1. The minimum atomic E-state index is -4.50. The van der Waals surface area contributed by atoms with Gasteiger partial charge in [-0.1, -0.05) is 30.3 Å². The van der Waals surface area contributed by atoms with E-state index in [0.29, 0.717) is 0 Å². The van der Waals surface area contributed by atoms with Crippen molar-refractivity contribution in [2.75, 3.05) is 13.1 Å². The third kappa shape index (κ3) is 2.14. The molecule has 1 N–H and O–H groups in total. The second-order valence-corrected chi connectivity index (χ2v) is 4.67. The Bertz CT molecular complexity index is 418. The Hall–Kier alpha value is -1.36. The molecule has 2 nitrogen and oxygen atoms in total. The van der Waals surface area contributed by atoms with Gasteiger partial charge in [-0.3, -0.25) is 0 Å². The molecule has 0 aliphatic carbocycles. The van der Waals surface area contributed by atoms with E-state index in [1.807, 2.05) is 6.07 Å². The van der Waals surface area contributed by atoms with Crippen LogP contribution in [0.2, 0.25) is 0 Å². The molecule has 0 amide bonds. The molecular weight excluding hydrogens is 243 g/mol. The lowest BCUT2D eigenvalue weighted by Gasteiger charge is -2.31. The fourth-order valence-corrected chi connectivity index (χ4v) is 2.47. The van der Waals surface area contributed by atoms with Crippen molar-refractivity contribution < 1.29 is 18.0 Å². The van der Waals surface area contributed by atoms with Crippen LogP contribution in [0.4, 0.5) is 13.2 Å². The number of aldehydes is 1. The molecule has 1 heterocycles. The maximum absolute atomic E-state index is 13.1. The molecule has 98 valence electrons. The molecule has 0 bridgehead atoms. The first-order chi connectivity index (χ1) is 8.49. The lowest BCUT2D eigenvalue weighted by molar-refractivity contribution is -0.219. The SMILES string of the molecule is O=CC1(C(F)(F)F)CNCC1Cc1ccccc1. The summed E-state index contributed by atoms with van der Waals surface area (Å²) < 4.78 is 39.3. The van der Waals surface area contributed by atoms with Crippen LogP contribution in [0.3, 0.4) is 0 Å². The highest BCUT2D eigenvalue weighted by atomic mass is 19.4. The average molecular weight is 257 g/mol. The molecule has 0 saturated carbocycles. The fourth-order valence-electron chi connectivity index (χ4n) is 2.47. The van der Waals surface area contributed by atoms with Gasteiger partial charge in [-0.2, -0.15) is 13.2 Å². The van der Waals surface area contributed by atoms with Gasteiger partial charge in [0.1, 0.15) is 11.7 Å². The van der Waals surface area contributed by atoms with Crippen LogP contribution in [0.1, 0.15) is 5.56 Å². The van der Waals surface area contributed by atoms with Gasteiger partial charge in [0.15, 0.2) is 0 Å². The Labute approximate surface area is 103 Å². The summed E-state index contributed by atoms with van der Waals surface area (Å²) in [5, 5.41) is 2.69. The smallest absolute Gasteiger partial charge is 0.315 e. The molecule has 2 unspecified atom stereocenters. The molecule has 1 fully saturated rings. The van der Waals surface area contributed by atoms with Crippen molar-refractivity contribution in [3.8, 4) is 0 Å². The van der Waals surface area contributed by atoms with Gasteiger partial charge in [-0.15, -0.1) is 0 Å². The van der Waals surface area contributed by atoms with Gasteiger partial charge in [0.05, 0.1) is 0 Å². The Kier molecular flexibility index (Phi) is 3.43. The molecular formula is C13H14F3NO. The molecule has 1 aliphatic rings. The molecule has 5 heteroatoms. The average Bonchev–Trinajstić information content (AvgIpc) is 2.74. The van der Waals surface area contributed by atoms with Crippen LogP contribution in [0.5, 0.6) is 0 Å². The number of carbonyl (C=O) groups is 1. The van der Waals surface area contributed by atoms with Gasteiger partial charge in [-0.05, 0) is 24.4 Å². The topological polar surface area (TPSA) is 29.1 Å². The molecule has 1 aromatic carbocycles. The lowest BCUT2D eigenvalue weighted by Crippen LogP contribution is -2.46. The molecule has 1 aromatic rings. The quantitative estimate of drug-likeness (QED) is 0.841. The summed E-state index contributed by atoms with van der Waals surface area (Å²) in [5.74, 6) is -0.739. The number of rotatable bonds is 3. The summed E-state index contributed by atoms with van der Waals surface area (Å²) in [7, 11) is 0. The Balaban J connectivity index is 2.24. The molecule has 1 aliphatic heterocycles. The van der Waals surface area contributed by atoms with Crippen LogP contribution in [0, 0.1) is 11.3 Å². The zero-order chi connectivity index (χ0) is 13.2. The van der Waals surface area contributed by atoms with E-state index < -0.39 is 17.5 Å². The lowest BCUT2D eigenvalue weighted by atomic mass is 9.75. The largest absolute Gasteiger partial charge is 0.402 e. The van der Waals surface area contributed by atoms with Gasteiger partial charge in [-0.25, -0.2) is 0 Å². The van der Waals surface area contributed by atoms with Gasteiger partial charge < -0.3 is 10.1 Å². The molecule has 0 aromatic heterocycles. The second-order valence-electron chi connectivity index (χ2n) is 4.67. The first-order valence-corrected chi connectivity index (χ1v) is 5.77. The summed E-state index contributed by atoms with van der Waals surface area (Å²) in [6.45, 7) is -0.107. The monoisotopic (exact) mass is 257 g/mol. The normalized spacial score (nSPS) is 28.3. The number of halogens is 3. The fraction of sp³-hybridized carbons (Fsp3) is 0.462. The number of carbonyl (C=O) groups excluding carboxylic acids is 1. The van der Waals surface area contributed by atoms with Gasteiger partial charge in [0.2, 0.25) is 0 Å². The van der Waals surface area contributed by atoms with Crippen molar-refractivity contribution in [2.45, 2.75) is 12.6 Å². The van der Waals surface area contributed by atoms with E-state index in [1.165, 1.54) is 0 Å². The highest BCUT2D eigenvalue weighted by Crippen LogP contribution is 2.45. The number of hydrogen-bond donors (Lipinski definition) is 1. The highest BCUT2D eigenvalue weighted by molar-refractivity contribution is 5.63. The van der Waals surface area contributed by atoms with Crippen LogP contribution < -0.4 is 5.32 Å². The van der Waals surface area contributed by atoms with Gasteiger partial charge in [0.25, 0.3) is 0 Å². The van der Waals surface area contributed by atoms with E-state index >= 15 is 0 Å². The van der Waals surface area contributed by atoms with Crippen LogP contribution in [-0.2, 0) is 11.2 Å². The van der Waals surface area contributed by atoms with E-state index in [4.69, 9.17) is 0 Å². The van der Waals surface area contributed by atoms with E-state index in [1.54, 1.807) is 24.3 Å².